The number of hydrogen-bond acceptors (Lipinski definition) is 3. The van der Waals surface area contributed by atoms with Crippen molar-refractivity contribution in [3.63, 3.8) is 0 Å². The summed E-state index contributed by atoms with van der Waals surface area (Å²) in [5, 5.41) is 7.80. The molecule has 0 atom stereocenters. The average molecular weight is 127 g/mol. The Morgan fingerprint density at radius 2 is 2.38 bits per heavy atom. The highest BCUT2D eigenvalue weighted by Gasteiger charge is 2.00. The SMILES string of the molecule is C=C(C#N)C(=O)SC. The molecule has 0 unspecified atom stereocenters. The smallest absolute Gasteiger partial charge is 0.229 e. The largest absolute Gasteiger partial charge is 0.281 e. The Bertz CT molecular complexity index is 156. The van der Waals surface area contributed by atoms with Crippen molar-refractivity contribution in [3.05, 3.63) is 12.2 Å². The third-order valence-corrected chi connectivity index (χ3v) is 1.18. The quantitative estimate of drug-likeness (QED) is 0.389. The summed E-state index contributed by atoms with van der Waals surface area (Å²) in [5.41, 5.74) is 0.0116. The molecule has 2 nitrogen and oxygen atoms in total. The molecule has 0 N–H and O–H groups in total. The van der Waals surface area contributed by atoms with Gasteiger partial charge in [0.2, 0.25) is 5.12 Å². The zero-order valence-electron chi connectivity index (χ0n) is 4.47. The first kappa shape index (κ1) is 7.25. The summed E-state index contributed by atoms with van der Waals surface area (Å²) in [6.07, 6.45) is 1.62. The van der Waals surface area contributed by atoms with Crippen molar-refractivity contribution in [1.29, 1.82) is 5.26 Å². The first-order chi connectivity index (χ1) is 3.72. The van der Waals surface area contributed by atoms with Gasteiger partial charge in [0.1, 0.15) is 6.07 Å². The van der Waals surface area contributed by atoms with E-state index in [1.54, 1.807) is 12.3 Å². The van der Waals surface area contributed by atoms with Crippen LogP contribution in [0, 0.1) is 11.3 Å². The molecule has 0 fully saturated rings. The molecule has 0 saturated carbocycles. The van der Waals surface area contributed by atoms with Crippen molar-refractivity contribution in [2.45, 2.75) is 0 Å². The van der Waals surface area contributed by atoms with Crippen LogP contribution in [0.15, 0.2) is 12.2 Å². The molecular weight excluding hydrogens is 122 g/mol. The number of carbonyl (C=O) groups is 1. The minimum absolute atomic E-state index is 0.0116. The minimum atomic E-state index is -0.257. The van der Waals surface area contributed by atoms with E-state index in [1.807, 2.05) is 0 Å². The highest BCUT2D eigenvalue weighted by molar-refractivity contribution is 8.13. The predicted molar refractivity (Wildman–Crippen MR) is 33.3 cm³/mol. The fourth-order valence-corrected chi connectivity index (χ4v) is 0.461. The van der Waals surface area contributed by atoms with Gasteiger partial charge >= 0.3 is 0 Å². The van der Waals surface area contributed by atoms with Crippen molar-refractivity contribution in [1.82, 2.24) is 0 Å². The number of rotatable bonds is 1. The van der Waals surface area contributed by atoms with Gasteiger partial charge in [0.25, 0.3) is 0 Å². The lowest BCUT2D eigenvalue weighted by molar-refractivity contribution is -0.107. The zero-order chi connectivity index (χ0) is 6.57. The maximum Gasteiger partial charge on any atom is 0.229 e. The van der Waals surface area contributed by atoms with Crippen LogP contribution in [0.2, 0.25) is 0 Å². The lowest BCUT2D eigenvalue weighted by Crippen LogP contribution is -1.89. The Labute approximate surface area is 52.2 Å². The summed E-state index contributed by atoms with van der Waals surface area (Å²) in [4.78, 5) is 10.4. The van der Waals surface area contributed by atoms with Crippen molar-refractivity contribution in [3.8, 4) is 6.07 Å². The first-order valence-corrected chi connectivity index (χ1v) is 3.12. The van der Waals surface area contributed by atoms with Crippen LogP contribution in [0.4, 0.5) is 0 Å². The number of carbonyl (C=O) groups excluding carboxylic acids is 1. The second kappa shape index (κ2) is 3.28. The van der Waals surface area contributed by atoms with Crippen LogP contribution in [0.3, 0.4) is 0 Å². The van der Waals surface area contributed by atoms with Crippen molar-refractivity contribution in [2.24, 2.45) is 0 Å². The molecule has 8 heavy (non-hydrogen) atoms. The van der Waals surface area contributed by atoms with Crippen LogP contribution >= 0.6 is 11.8 Å². The maximum absolute atomic E-state index is 10.4. The molecule has 3 heteroatoms. The molecule has 0 aliphatic heterocycles. The fourth-order valence-electron chi connectivity index (χ4n) is 0.169. The lowest BCUT2D eigenvalue weighted by Gasteiger charge is -1.84. The number of nitrogens with zero attached hydrogens (tertiary/aromatic N) is 1. The van der Waals surface area contributed by atoms with Gasteiger partial charge in [-0.05, 0) is 6.26 Å². The second-order valence-electron chi connectivity index (χ2n) is 1.08. The van der Waals surface area contributed by atoms with E-state index in [4.69, 9.17) is 5.26 Å². The molecule has 0 rings (SSSR count). The van der Waals surface area contributed by atoms with E-state index in [9.17, 15) is 4.79 Å². The Hall–Kier alpha value is -0.750. The molecule has 0 saturated heterocycles. The Morgan fingerprint density at radius 1 is 1.88 bits per heavy atom. The minimum Gasteiger partial charge on any atom is -0.281 e. The Kier molecular flexibility index (Phi) is 2.97. The van der Waals surface area contributed by atoms with E-state index in [1.165, 1.54) is 0 Å². The Balaban J connectivity index is 3.89. The number of nitriles is 1. The van der Waals surface area contributed by atoms with E-state index in [2.05, 4.69) is 6.58 Å². The highest BCUT2D eigenvalue weighted by atomic mass is 32.2. The van der Waals surface area contributed by atoms with Crippen LogP contribution < -0.4 is 0 Å². The normalized spacial score (nSPS) is 7.50. The van der Waals surface area contributed by atoms with Gasteiger partial charge in [-0.2, -0.15) is 5.26 Å². The first-order valence-electron chi connectivity index (χ1n) is 1.89. The van der Waals surface area contributed by atoms with Gasteiger partial charge in [0, 0.05) is 0 Å². The molecule has 0 heterocycles. The molecule has 0 aliphatic rings. The lowest BCUT2D eigenvalue weighted by atomic mass is 10.4. The molecule has 0 aromatic carbocycles. The fraction of sp³-hybridized carbons (Fsp3) is 0.200. The molecular formula is C5H5NOS. The summed E-state index contributed by atoms with van der Waals surface area (Å²) < 4.78 is 0. The zero-order valence-corrected chi connectivity index (χ0v) is 5.29. The van der Waals surface area contributed by atoms with Gasteiger partial charge in [-0.15, -0.1) is 0 Å². The molecule has 0 amide bonds. The van der Waals surface area contributed by atoms with Crippen LogP contribution in [0.1, 0.15) is 0 Å². The van der Waals surface area contributed by atoms with Gasteiger partial charge < -0.3 is 0 Å². The summed E-state index contributed by atoms with van der Waals surface area (Å²) in [6, 6.07) is 1.65. The molecule has 0 aromatic rings. The van der Waals surface area contributed by atoms with Gasteiger partial charge in [0.15, 0.2) is 0 Å². The Morgan fingerprint density at radius 3 is 2.50 bits per heavy atom. The van der Waals surface area contributed by atoms with Gasteiger partial charge in [-0.3, -0.25) is 4.79 Å². The van der Waals surface area contributed by atoms with Crippen molar-refractivity contribution < 1.29 is 4.79 Å². The molecule has 0 aromatic heterocycles. The van der Waals surface area contributed by atoms with Gasteiger partial charge in [-0.1, -0.05) is 18.3 Å². The number of thioether (sulfide) groups is 1. The average Bonchev–Trinajstić information content (AvgIpc) is 1.84. The van der Waals surface area contributed by atoms with E-state index < -0.39 is 0 Å². The van der Waals surface area contributed by atoms with Crippen LogP contribution in [-0.4, -0.2) is 11.4 Å². The van der Waals surface area contributed by atoms with Gasteiger partial charge in [0.05, 0.1) is 5.57 Å². The summed E-state index contributed by atoms with van der Waals surface area (Å²) in [7, 11) is 0. The monoisotopic (exact) mass is 127 g/mol. The predicted octanol–water partition coefficient (Wildman–Crippen LogP) is 0.956. The molecule has 0 spiro atoms. The summed E-state index contributed by atoms with van der Waals surface area (Å²) in [6.45, 7) is 3.21. The van der Waals surface area contributed by atoms with Crippen LogP contribution in [0.5, 0.6) is 0 Å². The third-order valence-electron chi connectivity index (χ3n) is 0.567. The van der Waals surface area contributed by atoms with E-state index >= 15 is 0 Å². The topological polar surface area (TPSA) is 40.9 Å². The third kappa shape index (κ3) is 1.80. The second-order valence-corrected chi connectivity index (χ2v) is 1.86. The maximum atomic E-state index is 10.4. The van der Waals surface area contributed by atoms with E-state index in [0.717, 1.165) is 11.8 Å². The van der Waals surface area contributed by atoms with Crippen molar-refractivity contribution >= 4 is 16.9 Å². The summed E-state index contributed by atoms with van der Waals surface area (Å²) in [5.74, 6) is 0. The van der Waals surface area contributed by atoms with E-state index in [-0.39, 0.29) is 10.7 Å². The van der Waals surface area contributed by atoms with Gasteiger partial charge in [-0.25, -0.2) is 0 Å². The van der Waals surface area contributed by atoms with E-state index in [0.29, 0.717) is 0 Å². The highest BCUT2D eigenvalue weighted by Crippen LogP contribution is 2.01. The number of hydrogen-bond donors (Lipinski definition) is 0. The molecule has 42 valence electrons. The van der Waals surface area contributed by atoms with Crippen molar-refractivity contribution in [2.75, 3.05) is 6.26 Å². The standard InChI is InChI=1S/C5H5NOS/c1-4(3-6)5(7)8-2/h1H2,2H3. The summed E-state index contributed by atoms with van der Waals surface area (Å²) >= 11 is 0.997. The van der Waals surface area contributed by atoms with Crippen LogP contribution in [-0.2, 0) is 4.79 Å². The molecule has 0 radical (unpaired) electrons. The molecule has 0 bridgehead atoms. The molecule has 0 aliphatic carbocycles. The van der Waals surface area contributed by atoms with Crippen LogP contribution in [0.25, 0.3) is 0 Å².